The Morgan fingerprint density at radius 1 is 1.16 bits per heavy atom. The molecule has 1 aromatic heterocycles. The zero-order valence-corrected chi connectivity index (χ0v) is 15.1. The Morgan fingerprint density at radius 3 is 2.52 bits per heavy atom. The highest BCUT2D eigenvalue weighted by molar-refractivity contribution is 6.34. The van der Waals surface area contributed by atoms with Crippen LogP contribution in [-0.2, 0) is 4.74 Å². The Bertz CT molecular complexity index is 776. The number of hydrogen-bond acceptors (Lipinski definition) is 5. The van der Waals surface area contributed by atoms with Crippen LogP contribution in [0.25, 0.3) is 0 Å². The average Bonchev–Trinajstić information content (AvgIpc) is 2.64. The van der Waals surface area contributed by atoms with Crippen molar-refractivity contribution in [1.29, 1.82) is 0 Å². The Balaban J connectivity index is 2.25. The Kier molecular flexibility index (Phi) is 6.36. The minimum atomic E-state index is -0.502. The first-order valence-corrected chi connectivity index (χ1v) is 8.27. The number of carbonyl (C=O) groups is 2. The third-order valence-electron chi connectivity index (χ3n) is 3.75. The van der Waals surface area contributed by atoms with Crippen molar-refractivity contribution in [3.05, 3.63) is 52.8 Å². The number of amides is 1. The van der Waals surface area contributed by atoms with Gasteiger partial charge in [-0.15, -0.1) is 0 Å². The summed E-state index contributed by atoms with van der Waals surface area (Å²) in [5.41, 5.74) is 1.91. The standard InChI is InChI=1S/C18H20ClN3O3/c1-4-22(5-2)14-8-13(10-20-11-14)17(23)21-16-9-12(18(24)25-3)6-7-15(16)19/h6-11H,4-5H2,1-3H3,(H,21,23). The van der Waals surface area contributed by atoms with Crippen molar-refractivity contribution in [2.75, 3.05) is 30.4 Å². The van der Waals surface area contributed by atoms with E-state index < -0.39 is 5.97 Å². The number of ether oxygens (including phenoxy) is 1. The molecule has 25 heavy (non-hydrogen) atoms. The van der Waals surface area contributed by atoms with E-state index in [1.54, 1.807) is 12.3 Å². The van der Waals surface area contributed by atoms with Crippen molar-refractivity contribution >= 4 is 34.9 Å². The number of halogens is 1. The van der Waals surface area contributed by atoms with E-state index in [-0.39, 0.29) is 5.91 Å². The van der Waals surface area contributed by atoms with Crippen molar-refractivity contribution < 1.29 is 14.3 Å². The van der Waals surface area contributed by atoms with Crippen molar-refractivity contribution in [3.8, 4) is 0 Å². The lowest BCUT2D eigenvalue weighted by molar-refractivity contribution is 0.0600. The third-order valence-corrected chi connectivity index (χ3v) is 4.08. The second-order valence-electron chi connectivity index (χ2n) is 5.24. The summed E-state index contributed by atoms with van der Waals surface area (Å²) in [6.45, 7) is 5.70. The summed E-state index contributed by atoms with van der Waals surface area (Å²) in [6, 6.07) is 6.32. The highest BCUT2D eigenvalue weighted by atomic mass is 35.5. The van der Waals surface area contributed by atoms with Crippen LogP contribution in [0, 0.1) is 0 Å². The van der Waals surface area contributed by atoms with Crippen LogP contribution in [0.4, 0.5) is 11.4 Å². The predicted octanol–water partition coefficient (Wildman–Crippen LogP) is 3.62. The van der Waals surface area contributed by atoms with E-state index in [0.717, 1.165) is 18.8 Å². The van der Waals surface area contributed by atoms with Crippen LogP contribution in [0.15, 0.2) is 36.7 Å². The predicted molar refractivity (Wildman–Crippen MR) is 98.5 cm³/mol. The van der Waals surface area contributed by atoms with Gasteiger partial charge in [-0.2, -0.15) is 0 Å². The van der Waals surface area contributed by atoms with Gasteiger partial charge in [0.15, 0.2) is 0 Å². The van der Waals surface area contributed by atoms with Crippen molar-refractivity contribution in [1.82, 2.24) is 4.98 Å². The molecule has 0 atom stereocenters. The molecule has 0 fully saturated rings. The molecule has 6 nitrogen and oxygen atoms in total. The minimum absolute atomic E-state index is 0.303. The molecule has 2 rings (SSSR count). The van der Waals surface area contributed by atoms with Crippen LogP contribution in [-0.4, -0.2) is 37.1 Å². The molecule has 0 aliphatic carbocycles. The van der Waals surface area contributed by atoms with Gasteiger partial charge in [-0.1, -0.05) is 11.6 Å². The molecule has 7 heteroatoms. The lowest BCUT2D eigenvalue weighted by Gasteiger charge is -2.20. The maximum Gasteiger partial charge on any atom is 0.337 e. The molecule has 0 saturated heterocycles. The molecule has 0 unspecified atom stereocenters. The summed E-state index contributed by atoms with van der Waals surface area (Å²) in [5.74, 6) is -0.859. The van der Waals surface area contributed by atoms with E-state index in [1.165, 1.54) is 31.5 Å². The van der Waals surface area contributed by atoms with E-state index in [0.29, 0.717) is 21.8 Å². The number of pyridine rings is 1. The van der Waals surface area contributed by atoms with Gasteiger partial charge in [0, 0.05) is 19.3 Å². The van der Waals surface area contributed by atoms with Gasteiger partial charge in [0.1, 0.15) is 0 Å². The summed E-state index contributed by atoms with van der Waals surface area (Å²) in [6.07, 6.45) is 3.20. The maximum absolute atomic E-state index is 12.5. The molecule has 1 N–H and O–H groups in total. The highest BCUT2D eigenvalue weighted by Gasteiger charge is 2.14. The fraction of sp³-hybridized carbons (Fsp3) is 0.278. The Labute approximate surface area is 151 Å². The molecule has 2 aromatic rings. The van der Waals surface area contributed by atoms with Gasteiger partial charge in [-0.05, 0) is 38.1 Å². The summed E-state index contributed by atoms with van der Waals surface area (Å²) in [7, 11) is 1.29. The molecule has 1 amide bonds. The van der Waals surface area contributed by atoms with Crippen LogP contribution >= 0.6 is 11.6 Å². The van der Waals surface area contributed by atoms with Gasteiger partial charge in [0.25, 0.3) is 5.91 Å². The monoisotopic (exact) mass is 361 g/mol. The number of nitrogens with one attached hydrogen (secondary N) is 1. The van der Waals surface area contributed by atoms with Gasteiger partial charge < -0.3 is 15.0 Å². The normalized spacial score (nSPS) is 10.2. The fourth-order valence-corrected chi connectivity index (χ4v) is 2.54. The summed E-state index contributed by atoms with van der Waals surface area (Å²) in [4.78, 5) is 30.4. The Morgan fingerprint density at radius 2 is 1.88 bits per heavy atom. The number of methoxy groups -OCH3 is 1. The molecule has 132 valence electrons. The van der Waals surface area contributed by atoms with Gasteiger partial charge in [0.2, 0.25) is 0 Å². The fourth-order valence-electron chi connectivity index (χ4n) is 2.37. The quantitative estimate of drug-likeness (QED) is 0.795. The maximum atomic E-state index is 12.5. The van der Waals surface area contributed by atoms with E-state index >= 15 is 0 Å². The topological polar surface area (TPSA) is 71.5 Å². The van der Waals surface area contributed by atoms with Crippen molar-refractivity contribution in [2.45, 2.75) is 13.8 Å². The van der Waals surface area contributed by atoms with E-state index in [9.17, 15) is 9.59 Å². The molecule has 1 heterocycles. The average molecular weight is 362 g/mol. The van der Waals surface area contributed by atoms with E-state index in [2.05, 4.69) is 19.9 Å². The summed E-state index contributed by atoms with van der Waals surface area (Å²) >= 11 is 6.11. The smallest absolute Gasteiger partial charge is 0.337 e. The second-order valence-corrected chi connectivity index (χ2v) is 5.65. The number of benzene rings is 1. The largest absolute Gasteiger partial charge is 0.465 e. The van der Waals surface area contributed by atoms with Gasteiger partial charge in [-0.3, -0.25) is 9.78 Å². The lowest BCUT2D eigenvalue weighted by Crippen LogP contribution is -2.22. The molecule has 0 aliphatic heterocycles. The zero-order valence-electron chi connectivity index (χ0n) is 14.4. The highest BCUT2D eigenvalue weighted by Crippen LogP contribution is 2.24. The first-order valence-electron chi connectivity index (χ1n) is 7.89. The zero-order chi connectivity index (χ0) is 18.4. The third kappa shape index (κ3) is 4.48. The molecular formula is C18H20ClN3O3. The molecule has 0 saturated carbocycles. The van der Waals surface area contributed by atoms with Crippen LogP contribution in [0.2, 0.25) is 5.02 Å². The number of aromatic nitrogens is 1. The molecular weight excluding hydrogens is 342 g/mol. The lowest BCUT2D eigenvalue weighted by atomic mass is 10.2. The van der Waals surface area contributed by atoms with Gasteiger partial charge >= 0.3 is 5.97 Å². The summed E-state index contributed by atoms with van der Waals surface area (Å²) in [5, 5.41) is 3.04. The van der Waals surface area contributed by atoms with Crippen LogP contribution in [0.5, 0.6) is 0 Å². The van der Waals surface area contributed by atoms with Crippen molar-refractivity contribution in [3.63, 3.8) is 0 Å². The number of carbonyl (C=O) groups excluding carboxylic acids is 2. The van der Waals surface area contributed by atoms with Crippen LogP contribution < -0.4 is 10.2 Å². The SMILES string of the molecule is CCN(CC)c1cncc(C(=O)Nc2cc(C(=O)OC)ccc2Cl)c1. The summed E-state index contributed by atoms with van der Waals surface area (Å²) < 4.78 is 4.68. The van der Waals surface area contributed by atoms with Crippen LogP contribution in [0.3, 0.4) is 0 Å². The van der Waals surface area contributed by atoms with E-state index in [1.807, 2.05) is 13.8 Å². The number of anilines is 2. The molecule has 0 bridgehead atoms. The first kappa shape index (κ1) is 18.7. The molecule has 1 aromatic carbocycles. The molecule has 0 radical (unpaired) electrons. The molecule has 0 spiro atoms. The Hall–Kier alpha value is -2.60. The van der Waals surface area contributed by atoms with Crippen molar-refractivity contribution in [2.24, 2.45) is 0 Å². The van der Waals surface area contributed by atoms with Crippen LogP contribution in [0.1, 0.15) is 34.6 Å². The number of rotatable bonds is 6. The first-order chi connectivity index (χ1) is 12.0. The number of esters is 1. The van der Waals surface area contributed by atoms with Gasteiger partial charge in [0.05, 0.1) is 40.8 Å². The molecule has 0 aliphatic rings. The van der Waals surface area contributed by atoms with Gasteiger partial charge in [-0.25, -0.2) is 4.79 Å². The van der Waals surface area contributed by atoms with E-state index in [4.69, 9.17) is 11.6 Å². The number of hydrogen-bond donors (Lipinski definition) is 1. The number of nitrogens with zero attached hydrogens (tertiary/aromatic N) is 2. The second kappa shape index (κ2) is 8.48. The minimum Gasteiger partial charge on any atom is -0.465 e.